The van der Waals surface area contributed by atoms with Gasteiger partial charge in [-0.3, -0.25) is 0 Å². The molecule has 5 nitrogen and oxygen atoms in total. The highest BCUT2D eigenvalue weighted by Gasteiger charge is 2.23. The maximum absolute atomic E-state index is 12.4. The van der Waals surface area contributed by atoms with E-state index in [4.69, 9.17) is 27.9 Å². The number of carbonyl (C=O) groups excluding carboxylic acids is 1. The van der Waals surface area contributed by atoms with Crippen LogP contribution in [0.1, 0.15) is 10.4 Å². The summed E-state index contributed by atoms with van der Waals surface area (Å²) in [5.41, 5.74) is -0.0548. The maximum Gasteiger partial charge on any atom is 0.339 e. The van der Waals surface area contributed by atoms with E-state index in [0.29, 0.717) is 5.02 Å². The molecule has 0 unspecified atom stereocenters. The molecule has 0 aliphatic carbocycles. The van der Waals surface area contributed by atoms with Crippen LogP contribution < -0.4 is 4.74 Å². The van der Waals surface area contributed by atoms with Crippen molar-refractivity contribution >= 4 is 39.0 Å². The summed E-state index contributed by atoms with van der Waals surface area (Å²) in [7, 11) is -2.71. The number of rotatable bonds is 5. The van der Waals surface area contributed by atoms with Crippen LogP contribution in [0.3, 0.4) is 0 Å². The van der Waals surface area contributed by atoms with Gasteiger partial charge in [-0.2, -0.15) is 0 Å². The Labute approximate surface area is 143 Å². The molecule has 0 fully saturated rings. The van der Waals surface area contributed by atoms with E-state index in [1.807, 2.05) is 0 Å². The lowest BCUT2D eigenvalue weighted by molar-refractivity contribution is 0.0596. The molecular weight excluding hydrogens is 363 g/mol. The zero-order chi connectivity index (χ0) is 17.0. The second-order valence-corrected chi connectivity index (χ2v) is 7.19. The summed E-state index contributed by atoms with van der Waals surface area (Å²) in [6, 6.07) is 10.2. The average Bonchev–Trinajstić information content (AvgIpc) is 2.53. The van der Waals surface area contributed by atoms with Crippen LogP contribution in [0.2, 0.25) is 10.0 Å². The molecule has 0 aliphatic heterocycles. The lowest BCUT2D eigenvalue weighted by Crippen LogP contribution is -2.17. The van der Waals surface area contributed by atoms with Crippen LogP contribution in [0, 0.1) is 0 Å². The molecule has 0 aliphatic rings. The summed E-state index contributed by atoms with van der Waals surface area (Å²) in [6.45, 7) is 0. The van der Waals surface area contributed by atoms with Crippen molar-refractivity contribution in [1.29, 1.82) is 0 Å². The van der Waals surface area contributed by atoms with Gasteiger partial charge in [0.25, 0.3) is 0 Å². The molecule has 0 amide bonds. The minimum Gasteiger partial charge on any atom is -0.476 e. The molecule has 0 spiro atoms. The molecule has 0 saturated carbocycles. The molecule has 23 heavy (non-hydrogen) atoms. The smallest absolute Gasteiger partial charge is 0.339 e. The number of benzene rings is 2. The van der Waals surface area contributed by atoms with Gasteiger partial charge in [0.15, 0.2) is 5.94 Å². The summed E-state index contributed by atoms with van der Waals surface area (Å²) in [5.74, 6) is -1.24. The molecule has 0 heterocycles. The van der Waals surface area contributed by atoms with Crippen molar-refractivity contribution in [1.82, 2.24) is 0 Å². The Hall–Kier alpha value is -1.76. The van der Waals surface area contributed by atoms with E-state index in [2.05, 4.69) is 4.74 Å². The fourth-order valence-corrected chi connectivity index (χ4v) is 3.46. The Morgan fingerprint density at radius 2 is 1.83 bits per heavy atom. The summed E-state index contributed by atoms with van der Waals surface area (Å²) in [6.07, 6.45) is 0. The third-order valence-corrected chi connectivity index (χ3v) is 4.88. The van der Waals surface area contributed by atoms with Crippen molar-refractivity contribution in [3.05, 3.63) is 58.1 Å². The van der Waals surface area contributed by atoms with Gasteiger partial charge in [-0.15, -0.1) is 0 Å². The van der Waals surface area contributed by atoms with Gasteiger partial charge in [0.1, 0.15) is 5.75 Å². The van der Waals surface area contributed by atoms with Gasteiger partial charge in [0, 0.05) is 5.02 Å². The summed E-state index contributed by atoms with van der Waals surface area (Å²) < 4.78 is 34.7. The lowest BCUT2D eigenvalue weighted by atomic mass is 10.2. The molecule has 2 aromatic carbocycles. The number of halogens is 2. The first-order chi connectivity index (χ1) is 10.8. The van der Waals surface area contributed by atoms with Crippen LogP contribution in [0.15, 0.2) is 47.4 Å². The molecule has 2 aromatic rings. The van der Waals surface area contributed by atoms with Gasteiger partial charge in [0.2, 0.25) is 9.84 Å². The quantitative estimate of drug-likeness (QED) is 0.747. The summed E-state index contributed by atoms with van der Waals surface area (Å²) in [5, 5.41) is 0.593. The van der Waals surface area contributed by atoms with E-state index in [1.54, 1.807) is 6.07 Å². The number of ether oxygens (including phenoxy) is 2. The number of hydrogen-bond donors (Lipinski definition) is 0. The van der Waals surface area contributed by atoms with Crippen LogP contribution in [0.25, 0.3) is 0 Å². The van der Waals surface area contributed by atoms with Gasteiger partial charge < -0.3 is 9.47 Å². The average molecular weight is 375 g/mol. The van der Waals surface area contributed by atoms with Gasteiger partial charge >= 0.3 is 5.97 Å². The van der Waals surface area contributed by atoms with Crippen molar-refractivity contribution in [2.24, 2.45) is 0 Å². The summed E-state index contributed by atoms with van der Waals surface area (Å²) in [4.78, 5) is 11.5. The summed E-state index contributed by atoms with van der Waals surface area (Å²) >= 11 is 11.7. The number of hydrogen-bond acceptors (Lipinski definition) is 5. The number of sulfone groups is 1. The third kappa shape index (κ3) is 4.16. The molecule has 122 valence electrons. The first-order valence-electron chi connectivity index (χ1n) is 6.33. The van der Waals surface area contributed by atoms with Crippen LogP contribution in [-0.4, -0.2) is 27.4 Å². The highest BCUT2D eigenvalue weighted by atomic mass is 35.5. The molecule has 0 bridgehead atoms. The Balaban J connectivity index is 2.28. The second-order valence-electron chi connectivity index (χ2n) is 4.44. The molecule has 0 atom stereocenters. The monoisotopic (exact) mass is 374 g/mol. The SMILES string of the molecule is COC(=O)c1ccccc1S(=O)(=O)COc1ccc(Cl)cc1Cl. The molecule has 0 radical (unpaired) electrons. The second kappa shape index (κ2) is 7.21. The molecule has 0 saturated heterocycles. The number of methoxy groups -OCH3 is 1. The predicted octanol–water partition coefficient (Wildman–Crippen LogP) is 3.59. The molecule has 8 heteroatoms. The van der Waals surface area contributed by atoms with E-state index in [1.165, 1.54) is 43.5 Å². The van der Waals surface area contributed by atoms with Crippen LogP contribution in [-0.2, 0) is 14.6 Å². The Bertz CT molecular complexity index is 834. The Morgan fingerprint density at radius 1 is 1.13 bits per heavy atom. The molecule has 0 aromatic heterocycles. The van der Waals surface area contributed by atoms with Crippen molar-refractivity contribution in [3.63, 3.8) is 0 Å². The van der Waals surface area contributed by atoms with Crippen molar-refractivity contribution < 1.29 is 22.7 Å². The van der Waals surface area contributed by atoms with Gasteiger partial charge in [-0.1, -0.05) is 35.3 Å². The maximum atomic E-state index is 12.4. The lowest BCUT2D eigenvalue weighted by Gasteiger charge is -2.11. The van der Waals surface area contributed by atoms with E-state index < -0.39 is 21.7 Å². The fourth-order valence-electron chi connectivity index (χ4n) is 1.81. The fraction of sp³-hybridized carbons (Fsp3) is 0.133. The normalized spacial score (nSPS) is 11.1. The van der Waals surface area contributed by atoms with Crippen LogP contribution >= 0.6 is 23.2 Å². The highest BCUT2D eigenvalue weighted by molar-refractivity contribution is 7.91. The molecular formula is C15H12Cl2O5S. The Kier molecular flexibility index (Phi) is 5.51. The largest absolute Gasteiger partial charge is 0.476 e. The standard InChI is InChI=1S/C15H12Cl2O5S/c1-21-15(18)11-4-2-3-5-14(11)23(19,20)9-22-13-7-6-10(16)8-12(13)17/h2-8H,9H2,1H3. The first kappa shape index (κ1) is 17.6. The van der Waals surface area contributed by atoms with Gasteiger partial charge in [0.05, 0.1) is 22.6 Å². The predicted molar refractivity (Wildman–Crippen MR) is 86.9 cm³/mol. The molecule has 0 N–H and O–H groups in total. The Morgan fingerprint density at radius 3 is 2.48 bits per heavy atom. The third-order valence-electron chi connectivity index (χ3n) is 2.89. The van der Waals surface area contributed by atoms with Crippen LogP contribution in [0.5, 0.6) is 5.75 Å². The zero-order valence-electron chi connectivity index (χ0n) is 12.0. The number of carbonyl (C=O) groups is 1. The van der Waals surface area contributed by atoms with Gasteiger partial charge in [-0.05, 0) is 30.3 Å². The molecule has 2 rings (SSSR count). The van der Waals surface area contributed by atoms with Crippen molar-refractivity contribution in [3.8, 4) is 5.75 Å². The topological polar surface area (TPSA) is 69.7 Å². The highest BCUT2D eigenvalue weighted by Crippen LogP contribution is 2.28. The van der Waals surface area contributed by atoms with E-state index in [-0.39, 0.29) is 21.2 Å². The number of esters is 1. The first-order valence-corrected chi connectivity index (χ1v) is 8.74. The van der Waals surface area contributed by atoms with Crippen LogP contribution in [0.4, 0.5) is 0 Å². The zero-order valence-corrected chi connectivity index (χ0v) is 14.3. The van der Waals surface area contributed by atoms with Crippen molar-refractivity contribution in [2.75, 3.05) is 13.0 Å². The minimum absolute atomic E-state index is 0.0548. The van der Waals surface area contributed by atoms with Gasteiger partial charge in [-0.25, -0.2) is 13.2 Å². The van der Waals surface area contributed by atoms with E-state index in [9.17, 15) is 13.2 Å². The minimum atomic E-state index is -3.89. The van der Waals surface area contributed by atoms with E-state index >= 15 is 0 Å². The van der Waals surface area contributed by atoms with E-state index in [0.717, 1.165) is 0 Å². The van der Waals surface area contributed by atoms with Crippen molar-refractivity contribution in [2.45, 2.75) is 4.90 Å².